The van der Waals surface area contributed by atoms with E-state index in [1.807, 2.05) is 11.4 Å². The second-order valence-corrected chi connectivity index (χ2v) is 6.29. The van der Waals surface area contributed by atoms with Crippen LogP contribution < -0.4 is 4.74 Å². The van der Waals surface area contributed by atoms with Crippen LogP contribution in [0.3, 0.4) is 0 Å². The van der Waals surface area contributed by atoms with Gasteiger partial charge >= 0.3 is 0 Å². The van der Waals surface area contributed by atoms with Crippen molar-refractivity contribution >= 4 is 38.9 Å². The Kier molecular flexibility index (Phi) is 3.60. The first-order valence-corrected chi connectivity index (χ1v) is 7.83. The van der Waals surface area contributed by atoms with Crippen LogP contribution in [0.4, 0.5) is 0 Å². The fourth-order valence-electron chi connectivity index (χ4n) is 2.26. The van der Waals surface area contributed by atoms with Crippen LogP contribution in [0.5, 0.6) is 5.75 Å². The molecule has 0 amide bonds. The van der Waals surface area contributed by atoms with Gasteiger partial charge in [-0.3, -0.25) is 0 Å². The van der Waals surface area contributed by atoms with Crippen LogP contribution in [0.1, 0.15) is 11.3 Å². The molecule has 0 fully saturated rings. The van der Waals surface area contributed by atoms with E-state index in [0.29, 0.717) is 11.4 Å². The maximum Gasteiger partial charge on any atom is 0.161 e. The molecule has 5 nitrogen and oxygen atoms in total. The highest BCUT2D eigenvalue weighted by atomic mass is 79.9. The van der Waals surface area contributed by atoms with Gasteiger partial charge in [-0.25, -0.2) is 4.98 Å². The summed E-state index contributed by atoms with van der Waals surface area (Å²) in [6, 6.07) is 3.60. The fraction of sp³-hybridized carbons (Fsp3) is 0.250. The molecule has 0 bridgehead atoms. The molecular formula is C12H8BrClN4OS. The third kappa shape index (κ3) is 2.16. The van der Waals surface area contributed by atoms with Crippen LogP contribution in [0.25, 0.3) is 10.4 Å². The van der Waals surface area contributed by atoms with Gasteiger partial charge < -0.3 is 4.74 Å². The van der Waals surface area contributed by atoms with Gasteiger partial charge in [0.2, 0.25) is 0 Å². The smallest absolute Gasteiger partial charge is 0.161 e. The molecule has 0 aliphatic carbocycles. The molecule has 2 heterocycles. The van der Waals surface area contributed by atoms with Gasteiger partial charge in [-0.05, 0) is 33.6 Å². The quantitative estimate of drug-likeness (QED) is 0.446. The Morgan fingerprint density at radius 1 is 1.60 bits per heavy atom. The molecule has 20 heavy (non-hydrogen) atoms. The van der Waals surface area contributed by atoms with E-state index in [0.717, 1.165) is 21.5 Å². The van der Waals surface area contributed by atoms with Crippen molar-refractivity contribution in [3.8, 4) is 5.75 Å². The number of nitrogens with zero attached hydrogens (tertiary/aromatic N) is 4. The molecule has 8 heteroatoms. The fourth-order valence-corrected chi connectivity index (χ4v) is 3.55. The van der Waals surface area contributed by atoms with Crippen molar-refractivity contribution in [1.29, 1.82) is 0 Å². The number of rotatable bonds is 3. The Labute approximate surface area is 132 Å². The third-order valence-electron chi connectivity index (χ3n) is 3.21. The van der Waals surface area contributed by atoms with Crippen molar-refractivity contribution in [3.05, 3.63) is 54.2 Å². The predicted octanol–water partition coefficient (Wildman–Crippen LogP) is 4.70. The molecule has 102 valence electrons. The summed E-state index contributed by atoms with van der Waals surface area (Å²) in [5.41, 5.74) is 11.3. The molecule has 0 saturated heterocycles. The van der Waals surface area contributed by atoms with Gasteiger partial charge in [0.25, 0.3) is 0 Å². The van der Waals surface area contributed by atoms with Crippen LogP contribution in [-0.4, -0.2) is 11.5 Å². The zero-order valence-electron chi connectivity index (χ0n) is 10.1. The molecule has 2 aromatic rings. The first-order chi connectivity index (χ1) is 9.66. The van der Waals surface area contributed by atoms with Gasteiger partial charge in [-0.2, -0.15) is 0 Å². The standard InChI is InChI=1S/C12H8BrClN4OS/c13-11-7-3-12(5-17-18-15,10-4-20-6-16-10)19-9(7)2-1-8(11)14/h1-2,4,6H,3,5H2. The van der Waals surface area contributed by atoms with E-state index < -0.39 is 5.60 Å². The number of ether oxygens (including phenoxy) is 1. The lowest BCUT2D eigenvalue weighted by Gasteiger charge is -2.25. The van der Waals surface area contributed by atoms with E-state index in [2.05, 4.69) is 30.9 Å². The highest BCUT2D eigenvalue weighted by Gasteiger charge is 2.43. The normalized spacial score (nSPS) is 20.1. The summed E-state index contributed by atoms with van der Waals surface area (Å²) in [6.07, 6.45) is 0.562. The first kappa shape index (κ1) is 13.7. The van der Waals surface area contributed by atoms with Crippen LogP contribution in [0, 0.1) is 0 Å². The van der Waals surface area contributed by atoms with Crippen LogP contribution in [0.2, 0.25) is 5.02 Å². The summed E-state index contributed by atoms with van der Waals surface area (Å²) in [4.78, 5) is 7.16. The van der Waals surface area contributed by atoms with Crippen molar-refractivity contribution in [2.45, 2.75) is 12.0 Å². The van der Waals surface area contributed by atoms with Gasteiger partial charge in [0.05, 0.1) is 22.8 Å². The van der Waals surface area contributed by atoms with E-state index in [1.54, 1.807) is 11.6 Å². The van der Waals surface area contributed by atoms with Crippen LogP contribution in [0.15, 0.2) is 32.6 Å². The van der Waals surface area contributed by atoms with Gasteiger partial charge in [-0.1, -0.05) is 16.7 Å². The number of thiazole rings is 1. The predicted molar refractivity (Wildman–Crippen MR) is 81.3 cm³/mol. The van der Waals surface area contributed by atoms with Crippen molar-refractivity contribution < 1.29 is 4.74 Å². The Morgan fingerprint density at radius 3 is 3.15 bits per heavy atom. The number of azide groups is 1. The van der Waals surface area contributed by atoms with E-state index in [-0.39, 0.29) is 6.54 Å². The van der Waals surface area contributed by atoms with Gasteiger partial charge in [-0.15, -0.1) is 11.3 Å². The van der Waals surface area contributed by atoms with E-state index in [4.69, 9.17) is 21.9 Å². The number of hydrogen-bond donors (Lipinski definition) is 0. The molecule has 0 saturated carbocycles. The van der Waals surface area contributed by atoms with E-state index in [9.17, 15) is 0 Å². The van der Waals surface area contributed by atoms with Crippen molar-refractivity contribution in [2.24, 2.45) is 5.11 Å². The van der Waals surface area contributed by atoms with Crippen molar-refractivity contribution in [3.63, 3.8) is 0 Å². The summed E-state index contributed by atoms with van der Waals surface area (Å²) >= 11 is 11.1. The van der Waals surface area contributed by atoms with E-state index >= 15 is 0 Å². The highest BCUT2D eigenvalue weighted by molar-refractivity contribution is 9.10. The van der Waals surface area contributed by atoms with Gasteiger partial charge in [0, 0.05) is 26.7 Å². The summed E-state index contributed by atoms with van der Waals surface area (Å²) in [7, 11) is 0. The van der Waals surface area contributed by atoms with Gasteiger partial charge in [0.15, 0.2) is 5.60 Å². The SMILES string of the molecule is [N-]=[N+]=NCC1(c2cscn2)Cc2c(ccc(Cl)c2Br)O1. The molecule has 0 N–H and O–H groups in total. The molecule has 1 atom stereocenters. The summed E-state index contributed by atoms with van der Waals surface area (Å²) in [5.74, 6) is 0.738. The molecule has 3 rings (SSSR count). The lowest BCUT2D eigenvalue weighted by Crippen LogP contribution is -2.35. The average molecular weight is 372 g/mol. The topological polar surface area (TPSA) is 70.9 Å². The maximum absolute atomic E-state index is 8.61. The molecule has 0 spiro atoms. The number of aromatic nitrogens is 1. The van der Waals surface area contributed by atoms with Crippen molar-refractivity contribution in [2.75, 3.05) is 6.54 Å². The minimum absolute atomic E-state index is 0.186. The number of fused-ring (bicyclic) bond motifs is 1. The monoisotopic (exact) mass is 370 g/mol. The highest BCUT2D eigenvalue weighted by Crippen LogP contribution is 2.46. The number of halogens is 2. The minimum atomic E-state index is -0.748. The zero-order chi connectivity index (χ0) is 14.2. The maximum atomic E-state index is 8.61. The van der Waals surface area contributed by atoms with E-state index in [1.165, 1.54) is 11.3 Å². The molecule has 0 radical (unpaired) electrons. The number of hydrogen-bond acceptors (Lipinski definition) is 4. The summed E-state index contributed by atoms with van der Waals surface area (Å²) in [5, 5.41) is 6.23. The number of benzene rings is 1. The average Bonchev–Trinajstić information content (AvgIpc) is 3.09. The molecule has 1 unspecified atom stereocenters. The Bertz CT molecular complexity index is 702. The lowest BCUT2D eigenvalue weighted by atomic mass is 9.94. The second-order valence-electron chi connectivity index (χ2n) is 4.37. The van der Waals surface area contributed by atoms with Crippen LogP contribution in [-0.2, 0) is 12.0 Å². The molecular weight excluding hydrogens is 364 g/mol. The lowest BCUT2D eigenvalue weighted by molar-refractivity contribution is 0.0986. The minimum Gasteiger partial charge on any atom is -0.480 e. The molecule has 1 aliphatic heterocycles. The Morgan fingerprint density at radius 2 is 2.45 bits per heavy atom. The van der Waals surface area contributed by atoms with Crippen molar-refractivity contribution in [1.82, 2.24) is 4.98 Å². The summed E-state index contributed by atoms with van der Waals surface area (Å²) < 4.78 is 6.88. The Hall–Kier alpha value is -1.27. The third-order valence-corrected chi connectivity index (χ3v) is 5.24. The molecule has 1 aromatic heterocycles. The van der Waals surface area contributed by atoms with Crippen LogP contribution >= 0.6 is 38.9 Å². The van der Waals surface area contributed by atoms with Gasteiger partial charge in [0.1, 0.15) is 5.75 Å². The summed E-state index contributed by atoms with van der Waals surface area (Å²) in [6.45, 7) is 0.186. The molecule has 1 aliphatic rings. The molecule has 1 aromatic carbocycles. The Balaban J connectivity index is 2.08. The zero-order valence-corrected chi connectivity index (χ0v) is 13.2. The largest absolute Gasteiger partial charge is 0.480 e. The second kappa shape index (κ2) is 5.26. The first-order valence-electron chi connectivity index (χ1n) is 5.72.